The number of phenols is 1. The fourth-order valence-corrected chi connectivity index (χ4v) is 3.70. The Morgan fingerprint density at radius 2 is 1.97 bits per heavy atom. The normalized spacial score (nSPS) is 20.8. The van der Waals surface area contributed by atoms with E-state index >= 15 is 0 Å². The first-order valence-electron chi connectivity index (χ1n) is 10.5. The third-order valence-corrected chi connectivity index (χ3v) is 5.82. The molecule has 2 unspecified atom stereocenters. The first-order valence-corrected chi connectivity index (χ1v) is 10.5. The number of alkyl halides is 1. The van der Waals surface area contributed by atoms with Gasteiger partial charge in [-0.15, -0.1) is 0 Å². The molecule has 9 heteroatoms. The van der Waals surface area contributed by atoms with E-state index in [1.807, 2.05) is 0 Å². The lowest BCUT2D eigenvalue weighted by Gasteiger charge is -2.35. The maximum Gasteiger partial charge on any atom is 0.258 e. The standard InChI is InChI=1S/C22H29F2N3O4/c1-21(2,3)17(26-20(31)22(24)8-9-22)19(30)27-10-4-5-15(27)18(29)25-12-13-6-7-14(23)11-16(13)28/h6-7,11,15,17,28H,4-5,8-10,12H2,1-3H3,(H,25,29)(H,26,31). The Hall–Kier alpha value is -2.71. The number of likely N-dealkylation sites (tertiary alicyclic amines) is 1. The molecule has 170 valence electrons. The molecule has 3 rings (SSSR count). The van der Waals surface area contributed by atoms with Crippen LogP contribution in [0, 0.1) is 11.2 Å². The van der Waals surface area contributed by atoms with E-state index in [1.165, 1.54) is 17.0 Å². The Kier molecular flexibility index (Phi) is 6.25. The first-order chi connectivity index (χ1) is 14.4. The summed E-state index contributed by atoms with van der Waals surface area (Å²) >= 11 is 0. The molecule has 1 saturated carbocycles. The lowest BCUT2D eigenvalue weighted by atomic mass is 9.85. The summed E-state index contributed by atoms with van der Waals surface area (Å²) in [5, 5.41) is 15.0. The highest BCUT2D eigenvalue weighted by molar-refractivity contribution is 5.95. The molecule has 31 heavy (non-hydrogen) atoms. The molecule has 0 bridgehead atoms. The largest absolute Gasteiger partial charge is 0.507 e. The number of benzene rings is 1. The third-order valence-electron chi connectivity index (χ3n) is 5.82. The number of rotatable bonds is 6. The second-order valence-corrected chi connectivity index (χ2v) is 9.42. The number of nitrogens with one attached hydrogen (secondary N) is 2. The molecule has 1 aromatic carbocycles. The number of hydrogen-bond acceptors (Lipinski definition) is 4. The second kappa shape index (κ2) is 8.43. The number of nitrogens with zero attached hydrogens (tertiary/aromatic N) is 1. The molecule has 0 aromatic heterocycles. The number of carbonyl (C=O) groups excluding carboxylic acids is 3. The van der Waals surface area contributed by atoms with E-state index < -0.39 is 46.7 Å². The van der Waals surface area contributed by atoms with Gasteiger partial charge in [-0.3, -0.25) is 14.4 Å². The van der Waals surface area contributed by atoms with Crippen molar-refractivity contribution >= 4 is 17.7 Å². The minimum absolute atomic E-state index is 0.0206. The van der Waals surface area contributed by atoms with E-state index in [1.54, 1.807) is 20.8 Å². The third kappa shape index (κ3) is 5.14. The Labute approximate surface area is 180 Å². The molecule has 1 aromatic rings. The highest BCUT2D eigenvalue weighted by Crippen LogP contribution is 2.40. The molecular formula is C22H29F2N3O4. The van der Waals surface area contributed by atoms with Crippen LogP contribution in [0.15, 0.2) is 18.2 Å². The minimum atomic E-state index is -1.90. The van der Waals surface area contributed by atoms with Gasteiger partial charge in [0.15, 0.2) is 5.67 Å². The molecule has 3 amide bonds. The van der Waals surface area contributed by atoms with Crippen LogP contribution in [0.2, 0.25) is 0 Å². The lowest BCUT2D eigenvalue weighted by Crippen LogP contribution is -2.58. The number of halogens is 2. The topological polar surface area (TPSA) is 98.7 Å². The molecule has 2 atom stereocenters. The summed E-state index contributed by atoms with van der Waals surface area (Å²) in [5.41, 5.74) is -2.23. The van der Waals surface area contributed by atoms with Crippen molar-refractivity contribution in [2.24, 2.45) is 5.41 Å². The highest BCUT2D eigenvalue weighted by Gasteiger charge is 2.53. The monoisotopic (exact) mass is 437 g/mol. The van der Waals surface area contributed by atoms with Gasteiger partial charge in [0.25, 0.3) is 5.91 Å². The molecule has 1 saturated heterocycles. The van der Waals surface area contributed by atoms with Gasteiger partial charge in [-0.2, -0.15) is 0 Å². The van der Waals surface area contributed by atoms with Crippen LogP contribution in [-0.4, -0.2) is 52.0 Å². The zero-order chi connectivity index (χ0) is 23.0. The molecule has 1 aliphatic carbocycles. The van der Waals surface area contributed by atoms with Gasteiger partial charge >= 0.3 is 0 Å². The molecule has 1 heterocycles. The van der Waals surface area contributed by atoms with Crippen LogP contribution < -0.4 is 10.6 Å². The van der Waals surface area contributed by atoms with Crippen LogP contribution in [0.1, 0.15) is 52.0 Å². The summed E-state index contributed by atoms with van der Waals surface area (Å²) in [6, 6.07) is 1.81. The maximum atomic E-state index is 14.2. The first kappa shape index (κ1) is 23.0. The van der Waals surface area contributed by atoms with Crippen molar-refractivity contribution in [1.82, 2.24) is 15.5 Å². The van der Waals surface area contributed by atoms with Crippen LogP contribution in [0.4, 0.5) is 8.78 Å². The Bertz CT molecular complexity index is 880. The van der Waals surface area contributed by atoms with E-state index in [4.69, 9.17) is 0 Å². The van der Waals surface area contributed by atoms with Crippen LogP contribution in [0.3, 0.4) is 0 Å². The maximum absolute atomic E-state index is 14.2. The summed E-state index contributed by atoms with van der Waals surface area (Å²) in [5.74, 6) is -2.47. The summed E-state index contributed by atoms with van der Waals surface area (Å²) in [6.07, 6.45) is 1.36. The quantitative estimate of drug-likeness (QED) is 0.635. The molecule has 1 aliphatic heterocycles. The van der Waals surface area contributed by atoms with Crippen LogP contribution in [0.5, 0.6) is 5.75 Å². The van der Waals surface area contributed by atoms with Crippen molar-refractivity contribution in [3.8, 4) is 5.75 Å². The van der Waals surface area contributed by atoms with Crippen molar-refractivity contribution in [3.63, 3.8) is 0 Å². The molecule has 2 fully saturated rings. The van der Waals surface area contributed by atoms with Crippen molar-refractivity contribution in [2.45, 2.75) is 70.8 Å². The summed E-state index contributed by atoms with van der Waals surface area (Å²) in [6.45, 7) is 5.65. The van der Waals surface area contributed by atoms with Gasteiger partial charge in [-0.1, -0.05) is 26.8 Å². The fourth-order valence-electron chi connectivity index (χ4n) is 3.70. The number of hydrogen-bond donors (Lipinski definition) is 3. The number of amides is 3. The zero-order valence-electron chi connectivity index (χ0n) is 18.0. The Balaban J connectivity index is 1.68. The Morgan fingerprint density at radius 1 is 1.29 bits per heavy atom. The molecule has 7 nitrogen and oxygen atoms in total. The molecule has 0 radical (unpaired) electrons. The molecule has 2 aliphatic rings. The van der Waals surface area contributed by atoms with Crippen LogP contribution in [0.25, 0.3) is 0 Å². The zero-order valence-corrected chi connectivity index (χ0v) is 18.0. The van der Waals surface area contributed by atoms with Gasteiger partial charge in [0.2, 0.25) is 11.8 Å². The molecular weight excluding hydrogens is 408 g/mol. The number of aromatic hydroxyl groups is 1. The summed E-state index contributed by atoms with van der Waals surface area (Å²) < 4.78 is 27.3. The smallest absolute Gasteiger partial charge is 0.258 e. The van der Waals surface area contributed by atoms with Crippen molar-refractivity contribution in [3.05, 3.63) is 29.6 Å². The van der Waals surface area contributed by atoms with E-state index in [9.17, 15) is 28.3 Å². The predicted molar refractivity (Wildman–Crippen MR) is 109 cm³/mol. The number of phenolic OH excluding ortho intramolecular Hbond substituents is 1. The number of carbonyl (C=O) groups is 3. The van der Waals surface area contributed by atoms with Crippen molar-refractivity contribution in [1.29, 1.82) is 0 Å². The SMILES string of the molecule is CC(C)(C)C(NC(=O)C1(F)CC1)C(=O)N1CCCC1C(=O)NCc1ccc(F)cc1O. The van der Waals surface area contributed by atoms with Gasteiger partial charge in [0.1, 0.15) is 23.7 Å². The average Bonchev–Trinajstić information content (AvgIpc) is 3.25. The van der Waals surface area contributed by atoms with E-state index in [-0.39, 0.29) is 25.1 Å². The van der Waals surface area contributed by atoms with Gasteiger partial charge in [-0.05, 0) is 37.2 Å². The van der Waals surface area contributed by atoms with Crippen LogP contribution in [-0.2, 0) is 20.9 Å². The second-order valence-electron chi connectivity index (χ2n) is 9.42. The summed E-state index contributed by atoms with van der Waals surface area (Å²) in [4.78, 5) is 39.7. The van der Waals surface area contributed by atoms with Crippen molar-refractivity contribution in [2.75, 3.05) is 6.54 Å². The molecule has 0 spiro atoms. The predicted octanol–water partition coefficient (Wildman–Crippen LogP) is 2.17. The van der Waals surface area contributed by atoms with E-state index in [0.29, 0.717) is 24.9 Å². The lowest BCUT2D eigenvalue weighted by molar-refractivity contribution is -0.144. The molecule has 3 N–H and O–H groups in total. The van der Waals surface area contributed by atoms with E-state index in [2.05, 4.69) is 10.6 Å². The van der Waals surface area contributed by atoms with Gasteiger partial charge in [-0.25, -0.2) is 8.78 Å². The van der Waals surface area contributed by atoms with Crippen molar-refractivity contribution < 1.29 is 28.3 Å². The summed E-state index contributed by atoms with van der Waals surface area (Å²) in [7, 11) is 0. The highest BCUT2D eigenvalue weighted by atomic mass is 19.1. The minimum Gasteiger partial charge on any atom is -0.507 e. The Morgan fingerprint density at radius 3 is 2.55 bits per heavy atom. The average molecular weight is 437 g/mol. The fraction of sp³-hybridized carbons (Fsp3) is 0.591. The van der Waals surface area contributed by atoms with Gasteiger partial charge in [0, 0.05) is 24.7 Å². The van der Waals surface area contributed by atoms with E-state index in [0.717, 1.165) is 6.07 Å². The van der Waals surface area contributed by atoms with Gasteiger partial charge in [0.05, 0.1) is 0 Å². The van der Waals surface area contributed by atoms with Crippen LogP contribution >= 0.6 is 0 Å². The van der Waals surface area contributed by atoms with Gasteiger partial charge < -0.3 is 20.6 Å².